The maximum absolute atomic E-state index is 5.91. The van der Waals surface area contributed by atoms with E-state index in [9.17, 15) is 0 Å². The van der Waals surface area contributed by atoms with Crippen LogP contribution in [0.25, 0.3) is 0 Å². The highest BCUT2D eigenvalue weighted by Crippen LogP contribution is 2.27. The van der Waals surface area contributed by atoms with E-state index in [2.05, 4.69) is 22.1 Å². The number of benzene rings is 1. The van der Waals surface area contributed by atoms with Gasteiger partial charge in [-0.1, -0.05) is 24.9 Å². The minimum Gasteiger partial charge on any atom is -0.330 e. The number of rotatable bonds is 7. The highest BCUT2D eigenvalue weighted by molar-refractivity contribution is 6.30. The molecule has 2 heterocycles. The highest BCUT2D eigenvalue weighted by Gasteiger charge is 2.26. The molecule has 1 atom stereocenters. The van der Waals surface area contributed by atoms with Gasteiger partial charge < -0.3 is 11.1 Å². The Balaban J connectivity index is 1.70. The summed E-state index contributed by atoms with van der Waals surface area (Å²) in [7, 11) is 0. The molecule has 0 saturated carbocycles. The van der Waals surface area contributed by atoms with Crippen LogP contribution in [0.5, 0.6) is 0 Å². The first-order valence-corrected chi connectivity index (χ1v) is 8.89. The molecule has 1 aromatic carbocycles. The second-order valence-electron chi connectivity index (χ2n) is 6.22. The number of fused-ring (bicyclic) bond motifs is 1. The molecule has 5 nitrogen and oxygen atoms in total. The van der Waals surface area contributed by atoms with Crippen LogP contribution >= 0.6 is 11.6 Å². The summed E-state index contributed by atoms with van der Waals surface area (Å²) in [6.07, 6.45) is 5.32. The predicted octanol–water partition coefficient (Wildman–Crippen LogP) is 3.71. The summed E-state index contributed by atoms with van der Waals surface area (Å²) in [6.45, 7) is 4.74. The zero-order valence-electron chi connectivity index (χ0n) is 14.0. The fourth-order valence-electron chi connectivity index (χ4n) is 3.19. The number of anilines is 2. The lowest BCUT2D eigenvalue weighted by atomic mass is 10.1. The van der Waals surface area contributed by atoms with Crippen molar-refractivity contribution in [2.75, 3.05) is 11.9 Å². The van der Waals surface area contributed by atoms with Crippen molar-refractivity contribution in [3.05, 3.63) is 46.7 Å². The van der Waals surface area contributed by atoms with Gasteiger partial charge in [0.15, 0.2) is 0 Å². The Bertz CT molecular complexity index is 668. The molecule has 1 aromatic heterocycles. The second-order valence-corrected chi connectivity index (χ2v) is 6.66. The maximum Gasteiger partial charge on any atom is 0.227 e. The third kappa shape index (κ3) is 4.04. The SMILES string of the molecule is CCC[C@H](CCN)N1Cc2cnc(Nc3ccc(Cl)cc3)nc2C1. The third-order valence-corrected chi connectivity index (χ3v) is 4.67. The molecule has 128 valence electrons. The van der Waals surface area contributed by atoms with Crippen molar-refractivity contribution < 1.29 is 0 Å². The van der Waals surface area contributed by atoms with E-state index in [0.717, 1.165) is 37.4 Å². The number of nitrogens with one attached hydrogen (secondary N) is 1. The quantitative estimate of drug-likeness (QED) is 0.800. The van der Waals surface area contributed by atoms with Gasteiger partial charge in [-0.3, -0.25) is 4.90 Å². The molecule has 0 unspecified atom stereocenters. The van der Waals surface area contributed by atoms with E-state index in [4.69, 9.17) is 22.3 Å². The van der Waals surface area contributed by atoms with E-state index in [1.54, 1.807) is 0 Å². The molecule has 6 heteroatoms. The van der Waals surface area contributed by atoms with E-state index in [-0.39, 0.29) is 0 Å². The lowest BCUT2D eigenvalue weighted by molar-refractivity contribution is 0.178. The van der Waals surface area contributed by atoms with Crippen LogP contribution in [-0.2, 0) is 13.1 Å². The Hall–Kier alpha value is -1.69. The summed E-state index contributed by atoms with van der Waals surface area (Å²) >= 11 is 5.91. The first-order valence-electron chi connectivity index (χ1n) is 8.51. The Morgan fingerprint density at radius 3 is 2.75 bits per heavy atom. The van der Waals surface area contributed by atoms with Crippen molar-refractivity contribution in [2.24, 2.45) is 5.73 Å². The lowest BCUT2D eigenvalue weighted by Crippen LogP contribution is -2.32. The van der Waals surface area contributed by atoms with Gasteiger partial charge in [-0.2, -0.15) is 0 Å². The number of hydrogen-bond acceptors (Lipinski definition) is 5. The molecule has 0 saturated heterocycles. The van der Waals surface area contributed by atoms with E-state index < -0.39 is 0 Å². The van der Waals surface area contributed by atoms with Crippen molar-refractivity contribution >= 4 is 23.2 Å². The van der Waals surface area contributed by atoms with Gasteiger partial charge in [0, 0.05) is 41.6 Å². The van der Waals surface area contributed by atoms with Gasteiger partial charge in [0.1, 0.15) is 0 Å². The zero-order valence-corrected chi connectivity index (χ0v) is 14.8. The van der Waals surface area contributed by atoms with Gasteiger partial charge in [0.05, 0.1) is 5.69 Å². The van der Waals surface area contributed by atoms with E-state index in [1.165, 1.54) is 18.4 Å². The minimum absolute atomic E-state index is 0.530. The molecule has 24 heavy (non-hydrogen) atoms. The summed E-state index contributed by atoms with van der Waals surface area (Å²) in [5.74, 6) is 0.629. The molecule has 3 rings (SSSR count). The Morgan fingerprint density at radius 1 is 1.25 bits per heavy atom. The topological polar surface area (TPSA) is 67.1 Å². The van der Waals surface area contributed by atoms with Gasteiger partial charge >= 0.3 is 0 Å². The first-order chi connectivity index (χ1) is 11.7. The fourth-order valence-corrected chi connectivity index (χ4v) is 3.32. The van der Waals surface area contributed by atoms with Crippen LogP contribution in [0.3, 0.4) is 0 Å². The molecule has 0 spiro atoms. The number of aromatic nitrogens is 2. The monoisotopic (exact) mass is 345 g/mol. The smallest absolute Gasteiger partial charge is 0.227 e. The van der Waals surface area contributed by atoms with Crippen molar-refractivity contribution in [3.8, 4) is 0 Å². The van der Waals surface area contributed by atoms with E-state index >= 15 is 0 Å². The number of nitrogens with two attached hydrogens (primary N) is 1. The molecule has 0 amide bonds. The lowest BCUT2D eigenvalue weighted by Gasteiger charge is -2.26. The Morgan fingerprint density at radius 2 is 2.04 bits per heavy atom. The van der Waals surface area contributed by atoms with Crippen LogP contribution in [0.15, 0.2) is 30.5 Å². The average Bonchev–Trinajstić information content (AvgIpc) is 3.00. The Labute approximate surface area is 148 Å². The van der Waals surface area contributed by atoms with Crippen LogP contribution in [-0.4, -0.2) is 27.5 Å². The first kappa shape index (κ1) is 17.1. The van der Waals surface area contributed by atoms with E-state index in [0.29, 0.717) is 17.0 Å². The van der Waals surface area contributed by atoms with Crippen LogP contribution in [0.4, 0.5) is 11.6 Å². The largest absolute Gasteiger partial charge is 0.330 e. The van der Waals surface area contributed by atoms with Gasteiger partial charge in [-0.05, 0) is 43.7 Å². The predicted molar refractivity (Wildman–Crippen MR) is 98.4 cm³/mol. The maximum atomic E-state index is 5.91. The normalized spacial score (nSPS) is 15.3. The van der Waals surface area contributed by atoms with Crippen LogP contribution in [0.1, 0.15) is 37.4 Å². The molecular weight excluding hydrogens is 322 g/mol. The third-order valence-electron chi connectivity index (χ3n) is 4.42. The highest BCUT2D eigenvalue weighted by atomic mass is 35.5. The van der Waals surface area contributed by atoms with E-state index in [1.807, 2.05) is 30.5 Å². The fraction of sp³-hybridized carbons (Fsp3) is 0.444. The molecule has 0 fully saturated rings. The summed E-state index contributed by atoms with van der Waals surface area (Å²) < 4.78 is 0. The van der Waals surface area contributed by atoms with Gasteiger partial charge in [0.25, 0.3) is 0 Å². The van der Waals surface area contributed by atoms with Crippen molar-refractivity contribution in [3.63, 3.8) is 0 Å². The zero-order chi connectivity index (χ0) is 16.9. The molecule has 0 bridgehead atoms. The summed E-state index contributed by atoms with van der Waals surface area (Å²) in [5.41, 5.74) is 9.04. The van der Waals surface area contributed by atoms with Crippen LogP contribution in [0.2, 0.25) is 5.02 Å². The number of halogens is 1. The summed E-state index contributed by atoms with van der Waals surface area (Å²) in [5, 5.41) is 3.95. The molecule has 1 aliphatic heterocycles. The standard InChI is InChI=1S/C18H24ClN5/c1-2-3-16(8-9-20)24-11-13-10-21-18(23-17(13)12-24)22-15-6-4-14(19)5-7-15/h4-7,10,16H,2-3,8-9,11-12,20H2,1H3,(H,21,22,23)/t16-/m1/s1. The minimum atomic E-state index is 0.530. The number of nitrogens with zero attached hydrogens (tertiary/aromatic N) is 3. The second kappa shape index (κ2) is 7.92. The molecule has 0 radical (unpaired) electrons. The molecule has 2 aromatic rings. The van der Waals surface area contributed by atoms with Crippen LogP contribution in [0, 0.1) is 0 Å². The molecule has 1 aliphatic rings. The van der Waals surface area contributed by atoms with Crippen molar-refractivity contribution in [1.29, 1.82) is 0 Å². The van der Waals surface area contributed by atoms with Crippen molar-refractivity contribution in [2.45, 2.75) is 45.3 Å². The van der Waals surface area contributed by atoms with Gasteiger partial charge in [-0.25, -0.2) is 9.97 Å². The Kier molecular flexibility index (Phi) is 5.66. The number of hydrogen-bond donors (Lipinski definition) is 2. The molecular formula is C18H24ClN5. The van der Waals surface area contributed by atoms with Crippen LogP contribution < -0.4 is 11.1 Å². The average molecular weight is 346 g/mol. The van der Waals surface area contributed by atoms with Gasteiger partial charge in [0.2, 0.25) is 5.95 Å². The molecule has 3 N–H and O–H groups in total. The van der Waals surface area contributed by atoms with Gasteiger partial charge in [-0.15, -0.1) is 0 Å². The summed E-state index contributed by atoms with van der Waals surface area (Å²) in [4.78, 5) is 11.6. The van der Waals surface area contributed by atoms with Crippen molar-refractivity contribution in [1.82, 2.24) is 14.9 Å². The summed E-state index contributed by atoms with van der Waals surface area (Å²) in [6, 6.07) is 8.07. The molecule has 0 aliphatic carbocycles.